The summed E-state index contributed by atoms with van der Waals surface area (Å²) in [6.45, 7) is 5.58. The van der Waals surface area contributed by atoms with Crippen LogP contribution in [0.4, 0.5) is 26.7 Å². The summed E-state index contributed by atoms with van der Waals surface area (Å²) in [5, 5.41) is 16.8. The van der Waals surface area contributed by atoms with Gasteiger partial charge in [-0.05, 0) is 72.6 Å². The van der Waals surface area contributed by atoms with Crippen molar-refractivity contribution in [3.63, 3.8) is 0 Å². The number of carbonyl (C=O) groups is 2. The van der Waals surface area contributed by atoms with Crippen molar-refractivity contribution < 1.29 is 36.6 Å². The number of hydrogen-bond donors (Lipinski definition) is 3. The standard InChI is InChI=1S/C32H35F5N2O3/c1-4-32(42)13-12-19-23-24(22-18(25(33)28(23)36)15-20(40)26(34)27(22)35)21(29(37)31(19,32)3)17-10-8-16(9-11-17)7-6-14-39-30(41)38-5-2/h8-11,15,19,21,23,25-29,42H,4-5,12-14H2,1-3H3,(H2,38,39,41)/t19-,21+,23-,25?,26?,27?,28?,29?,31+,32-/m0/s1. The molecule has 0 radical (unpaired) electrons. The van der Waals surface area contributed by atoms with Crippen LogP contribution < -0.4 is 10.6 Å². The Bertz CT molecular complexity index is 1380. The number of urea groups is 1. The highest BCUT2D eigenvalue weighted by molar-refractivity contribution is 5.98. The van der Waals surface area contributed by atoms with Crippen molar-refractivity contribution in [3.05, 3.63) is 58.2 Å². The zero-order valence-corrected chi connectivity index (χ0v) is 23.7. The Kier molecular flexibility index (Phi) is 8.03. The molecule has 10 atom stereocenters. The summed E-state index contributed by atoms with van der Waals surface area (Å²) in [7, 11) is 0. The number of halogens is 5. The smallest absolute Gasteiger partial charge is 0.315 e. The zero-order chi connectivity index (χ0) is 30.6. The summed E-state index contributed by atoms with van der Waals surface area (Å²) in [5.74, 6) is 0.898. The normalized spacial score (nSPS) is 38.9. The van der Waals surface area contributed by atoms with Crippen LogP contribution in [0.2, 0.25) is 0 Å². The Hall–Kier alpha value is -3.19. The quantitative estimate of drug-likeness (QED) is 0.336. The molecule has 1 aromatic rings. The molecule has 2 saturated carbocycles. The molecule has 4 aliphatic carbocycles. The first-order valence-corrected chi connectivity index (χ1v) is 14.4. The van der Waals surface area contributed by atoms with Gasteiger partial charge in [0.05, 0.1) is 12.1 Å². The molecule has 5 rings (SSSR count). The highest BCUT2D eigenvalue weighted by Crippen LogP contribution is 2.68. The molecule has 4 aliphatic rings. The number of aliphatic hydroxyl groups is 1. The molecule has 2 fully saturated rings. The number of hydrogen-bond acceptors (Lipinski definition) is 3. The molecule has 10 heteroatoms. The van der Waals surface area contributed by atoms with Gasteiger partial charge in [0.1, 0.15) is 12.3 Å². The van der Waals surface area contributed by atoms with E-state index in [1.807, 2.05) is 0 Å². The lowest BCUT2D eigenvalue weighted by Gasteiger charge is -2.57. The van der Waals surface area contributed by atoms with E-state index < -0.39 is 76.6 Å². The van der Waals surface area contributed by atoms with Crippen molar-refractivity contribution in [2.24, 2.45) is 17.3 Å². The summed E-state index contributed by atoms with van der Waals surface area (Å²) in [6.07, 6.45) is -10.5. The maximum absolute atomic E-state index is 17.1. The van der Waals surface area contributed by atoms with E-state index >= 15 is 17.6 Å². The van der Waals surface area contributed by atoms with E-state index in [-0.39, 0.29) is 37.4 Å². The molecule has 0 spiro atoms. The number of nitrogens with one attached hydrogen (secondary N) is 2. The first kappa shape index (κ1) is 30.3. The molecular formula is C32H35F5N2O3. The summed E-state index contributed by atoms with van der Waals surface area (Å²) in [5.41, 5.74) is -3.27. The fourth-order valence-electron chi connectivity index (χ4n) is 7.83. The molecule has 3 N–H and O–H groups in total. The van der Waals surface area contributed by atoms with Gasteiger partial charge >= 0.3 is 6.03 Å². The molecule has 226 valence electrons. The van der Waals surface area contributed by atoms with Crippen LogP contribution in [0.5, 0.6) is 0 Å². The van der Waals surface area contributed by atoms with Crippen molar-refractivity contribution in [2.45, 2.75) is 82.4 Å². The Morgan fingerprint density at radius 3 is 2.38 bits per heavy atom. The maximum atomic E-state index is 17.1. The first-order chi connectivity index (χ1) is 19.9. The fraction of sp³-hybridized carbons (Fsp3) is 0.562. The number of ketones is 1. The van der Waals surface area contributed by atoms with Gasteiger partial charge in [-0.3, -0.25) is 4.79 Å². The van der Waals surface area contributed by atoms with Gasteiger partial charge in [-0.2, -0.15) is 0 Å². The van der Waals surface area contributed by atoms with Gasteiger partial charge in [0.25, 0.3) is 0 Å². The molecule has 42 heavy (non-hydrogen) atoms. The summed E-state index contributed by atoms with van der Waals surface area (Å²) >= 11 is 0. The summed E-state index contributed by atoms with van der Waals surface area (Å²) in [6, 6.07) is 5.93. The molecule has 0 aliphatic heterocycles. The second-order valence-corrected chi connectivity index (χ2v) is 11.9. The van der Waals surface area contributed by atoms with Gasteiger partial charge in [-0.15, -0.1) is 0 Å². The molecule has 2 amide bonds. The number of rotatable bonds is 4. The Morgan fingerprint density at radius 2 is 1.74 bits per heavy atom. The minimum Gasteiger partial charge on any atom is -0.389 e. The van der Waals surface area contributed by atoms with Gasteiger partial charge < -0.3 is 15.7 Å². The lowest BCUT2D eigenvalue weighted by Crippen LogP contribution is -2.61. The second-order valence-electron chi connectivity index (χ2n) is 11.9. The summed E-state index contributed by atoms with van der Waals surface area (Å²) < 4.78 is 79.3. The lowest BCUT2D eigenvalue weighted by atomic mass is 9.49. The first-order valence-electron chi connectivity index (χ1n) is 14.4. The molecule has 5 nitrogen and oxygen atoms in total. The number of amides is 2. The molecule has 1 aromatic carbocycles. The van der Waals surface area contributed by atoms with Crippen LogP contribution in [0.1, 0.15) is 57.1 Å². The van der Waals surface area contributed by atoms with E-state index in [0.29, 0.717) is 23.7 Å². The van der Waals surface area contributed by atoms with Gasteiger partial charge in [-0.1, -0.05) is 37.8 Å². The monoisotopic (exact) mass is 590 g/mol. The van der Waals surface area contributed by atoms with E-state index in [0.717, 1.165) is 0 Å². The van der Waals surface area contributed by atoms with Crippen LogP contribution in [-0.4, -0.2) is 66.5 Å². The average Bonchev–Trinajstić information content (AvgIpc) is 3.25. The predicted molar refractivity (Wildman–Crippen MR) is 147 cm³/mol. The van der Waals surface area contributed by atoms with E-state index in [4.69, 9.17) is 0 Å². The largest absolute Gasteiger partial charge is 0.389 e. The Morgan fingerprint density at radius 1 is 1.05 bits per heavy atom. The molecular weight excluding hydrogens is 555 g/mol. The number of allylic oxidation sites excluding steroid dienone is 4. The molecule has 0 heterocycles. The Labute approximate surface area is 242 Å². The van der Waals surface area contributed by atoms with Crippen LogP contribution in [-0.2, 0) is 4.79 Å². The van der Waals surface area contributed by atoms with Crippen molar-refractivity contribution >= 4 is 11.8 Å². The van der Waals surface area contributed by atoms with E-state index in [2.05, 4.69) is 22.5 Å². The van der Waals surface area contributed by atoms with Crippen molar-refractivity contribution in [1.29, 1.82) is 0 Å². The molecule has 5 unspecified atom stereocenters. The third-order valence-corrected chi connectivity index (χ3v) is 10.0. The highest BCUT2D eigenvalue weighted by Gasteiger charge is 2.70. The Balaban J connectivity index is 1.62. The van der Waals surface area contributed by atoms with E-state index in [9.17, 15) is 19.1 Å². The molecule has 0 bridgehead atoms. The second kappa shape index (κ2) is 11.1. The van der Waals surface area contributed by atoms with Crippen LogP contribution in [0.15, 0.2) is 47.1 Å². The van der Waals surface area contributed by atoms with Gasteiger partial charge in [0, 0.05) is 29.4 Å². The predicted octanol–water partition coefficient (Wildman–Crippen LogP) is 5.14. The minimum absolute atomic E-state index is 0.0643. The van der Waals surface area contributed by atoms with E-state index in [1.54, 1.807) is 45.0 Å². The number of alkyl halides is 5. The topological polar surface area (TPSA) is 78.4 Å². The van der Waals surface area contributed by atoms with Crippen molar-refractivity contribution in [2.75, 3.05) is 13.1 Å². The number of carbonyl (C=O) groups excluding carboxylic acids is 2. The third-order valence-electron chi connectivity index (χ3n) is 10.0. The number of benzene rings is 1. The van der Waals surface area contributed by atoms with Gasteiger partial charge in [0.15, 0.2) is 24.3 Å². The molecule has 0 aromatic heterocycles. The average molecular weight is 591 g/mol. The van der Waals surface area contributed by atoms with Crippen molar-refractivity contribution in [1.82, 2.24) is 10.6 Å². The van der Waals surface area contributed by atoms with Crippen molar-refractivity contribution in [3.8, 4) is 11.8 Å². The van der Waals surface area contributed by atoms with Gasteiger partial charge in [-0.25, -0.2) is 26.7 Å². The SMILES string of the molecule is CCNC(=O)NCC#Cc1ccc([C@@H]2C3=C4C(=CC(=O)C(F)C4F)C(F)C(F)[C@H]3[C@@H]3CC[C@@](O)(CC)[C@@]3(C)C2F)cc1. The molecule has 0 saturated heterocycles. The van der Waals surface area contributed by atoms with Crippen LogP contribution in [0, 0.1) is 29.1 Å². The third kappa shape index (κ3) is 4.47. The zero-order valence-electron chi connectivity index (χ0n) is 23.7. The summed E-state index contributed by atoms with van der Waals surface area (Å²) in [4.78, 5) is 23.6. The van der Waals surface area contributed by atoms with Crippen LogP contribution in [0.25, 0.3) is 0 Å². The van der Waals surface area contributed by atoms with Crippen LogP contribution >= 0.6 is 0 Å². The lowest BCUT2D eigenvalue weighted by molar-refractivity contribution is -0.143. The van der Waals surface area contributed by atoms with E-state index in [1.165, 1.54) is 0 Å². The minimum atomic E-state index is -2.60. The fourth-order valence-corrected chi connectivity index (χ4v) is 7.83. The van der Waals surface area contributed by atoms with Crippen LogP contribution in [0.3, 0.4) is 0 Å². The highest BCUT2D eigenvalue weighted by atomic mass is 19.2. The maximum Gasteiger partial charge on any atom is 0.315 e. The van der Waals surface area contributed by atoms with Gasteiger partial charge in [0.2, 0.25) is 0 Å². The number of fused-ring (bicyclic) bond motifs is 4.